The van der Waals surface area contributed by atoms with Gasteiger partial charge in [-0.2, -0.15) is 0 Å². The number of aromatic nitrogens is 3. The van der Waals surface area contributed by atoms with Crippen molar-refractivity contribution in [3.63, 3.8) is 0 Å². The van der Waals surface area contributed by atoms with E-state index in [2.05, 4.69) is 10.3 Å². The van der Waals surface area contributed by atoms with E-state index in [4.69, 9.17) is 5.11 Å². The maximum absolute atomic E-state index is 9.15. The first kappa shape index (κ1) is 9.86. The molecule has 4 nitrogen and oxygen atoms in total. The van der Waals surface area contributed by atoms with Crippen LogP contribution in [0.3, 0.4) is 0 Å². The van der Waals surface area contributed by atoms with E-state index >= 15 is 0 Å². The van der Waals surface area contributed by atoms with Crippen LogP contribution in [0.2, 0.25) is 0 Å². The summed E-state index contributed by atoms with van der Waals surface area (Å²) in [5.74, 6) is 0. The van der Waals surface area contributed by atoms with E-state index in [1.807, 2.05) is 38.4 Å². The summed E-state index contributed by atoms with van der Waals surface area (Å²) in [4.78, 5) is 0. The van der Waals surface area contributed by atoms with Crippen LogP contribution in [-0.2, 0) is 13.7 Å². The maximum atomic E-state index is 9.15. The third-order valence-corrected chi connectivity index (χ3v) is 2.49. The minimum atomic E-state index is 0.0555. The molecule has 2 aromatic rings. The Morgan fingerprint density at radius 1 is 1.40 bits per heavy atom. The van der Waals surface area contributed by atoms with Crippen molar-refractivity contribution in [2.24, 2.45) is 7.05 Å². The lowest BCUT2D eigenvalue weighted by atomic mass is 10.0. The summed E-state index contributed by atoms with van der Waals surface area (Å²) in [5, 5.41) is 17.1. The average Bonchev–Trinajstić information content (AvgIpc) is 2.65. The minimum absolute atomic E-state index is 0.0555. The standard InChI is InChI=1S/C11H13N3O/c1-8-9(7-15)4-3-5-10(8)11-6-14(2)13-12-11/h3-6,15H,7H2,1-2H3. The number of rotatable bonds is 2. The van der Waals surface area contributed by atoms with E-state index in [1.54, 1.807) is 4.68 Å². The van der Waals surface area contributed by atoms with Crippen molar-refractivity contribution in [3.8, 4) is 11.3 Å². The van der Waals surface area contributed by atoms with Crippen LogP contribution >= 0.6 is 0 Å². The molecule has 0 saturated heterocycles. The van der Waals surface area contributed by atoms with E-state index in [9.17, 15) is 0 Å². The second-order valence-electron chi connectivity index (χ2n) is 3.53. The van der Waals surface area contributed by atoms with Gasteiger partial charge in [-0.25, -0.2) is 0 Å². The average molecular weight is 203 g/mol. The summed E-state index contributed by atoms with van der Waals surface area (Å²) >= 11 is 0. The third-order valence-electron chi connectivity index (χ3n) is 2.49. The molecule has 0 aliphatic heterocycles. The molecule has 0 fully saturated rings. The summed E-state index contributed by atoms with van der Waals surface area (Å²) in [6.45, 7) is 2.04. The molecule has 0 bridgehead atoms. The molecular formula is C11H13N3O. The molecule has 2 rings (SSSR count). The molecule has 0 aliphatic carbocycles. The zero-order valence-electron chi connectivity index (χ0n) is 8.81. The lowest BCUT2D eigenvalue weighted by molar-refractivity contribution is 0.281. The fourth-order valence-corrected chi connectivity index (χ4v) is 1.60. The predicted octanol–water partition coefficient (Wildman–Crippen LogP) is 1.28. The Balaban J connectivity index is 2.53. The molecule has 0 saturated carbocycles. The highest BCUT2D eigenvalue weighted by molar-refractivity contribution is 5.63. The van der Waals surface area contributed by atoms with Gasteiger partial charge in [-0.05, 0) is 18.1 Å². The molecule has 0 radical (unpaired) electrons. The Morgan fingerprint density at radius 2 is 2.20 bits per heavy atom. The highest BCUT2D eigenvalue weighted by Gasteiger charge is 2.07. The smallest absolute Gasteiger partial charge is 0.113 e. The molecule has 4 heteroatoms. The fraction of sp³-hybridized carbons (Fsp3) is 0.273. The van der Waals surface area contributed by atoms with Gasteiger partial charge in [0.2, 0.25) is 0 Å². The summed E-state index contributed by atoms with van der Waals surface area (Å²) in [5.41, 5.74) is 3.85. The van der Waals surface area contributed by atoms with Crippen LogP contribution in [-0.4, -0.2) is 20.1 Å². The van der Waals surface area contributed by atoms with Gasteiger partial charge in [-0.1, -0.05) is 23.4 Å². The second-order valence-corrected chi connectivity index (χ2v) is 3.53. The number of hydrogen-bond acceptors (Lipinski definition) is 3. The molecule has 0 unspecified atom stereocenters. The van der Waals surface area contributed by atoms with E-state index in [0.717, 1.165) is 22.4 Å². The quantitative estimate of drug-likeness (QED) is 0.800. The lowest BCUT2D eigenvalue weighted by Gasteiger charge is -2.06. The van der Waals surface area contributed by atoms with Gasteiger partial charge in [0.25, 0.3) is 0 Å². The summed E-state index contributed by atoms with van der Waals surface area (Å²) in [6.07, 6.45) is 1.86. The van der Waals surface area contributed by atoms with Gasteiger partial charge in [-0.15, -0.1) is 5.10 Å². The molecule has 1 heterocycles. The van der Waals surface area contributed by atoms with Crippen molar-refractivity contribution in [2.75, 3.05) is 0 Å². The van der Waals surface area contributed by atoms with E-state index in [1.165, 1.54) is 0 Å². The Labute approximate surface area is 88.2 Å². The number of nitrogens with zero attached hydrogens (tertiary/aromatic N) is 3. The van der Waals surface area contributed by atoms with Gasteiger partial charge < -0.3 is 5.11 Å². The summed E-state index contributed by atoms with van der Waals surface area (Å²) in [7, 11) is 1.84. The Hall–Kier alpha value is -1.68. The normalized spacial score (nSPS) is 10.6. The molecule has 0 amide bonds. The Morgan fingerprint density at radius 3 is 2.80 bits per heavy atom. The van der Waals surface area contributed by atoms with Gasteiger partial charge in [0.1, 0.15) is 5.69 Å². The molecule has 78 valence electrons. The zero-order valence-corrected chi connectivity index (χ0v) is 8.81. The van der Waals surface area contributed by atoms with E-state index in [-0.39, 0.29) is 6.61 Å². The molecular weight excluding hydrogens is 190 g/mol. The van der Waals surface area contributed by atoms with Crippen molar-refractivity contribution in [1.29, 1.82) is 0 Å². The van der Waals surface area contributed by atoms with Crippen molar-refractivity contribution in [2.45, 2.75) is 13.5 Å². The highest BCUT2D eigenvalue weighted by Crippen LogP contribution is 2.23. The number of aliphatic hydroxyl groups excluding tert-OH is 1. The molecule has 1 aromatic heterocycles. The van der Waals surface area contributed by atoms with Gasteiger partial charge in [0.15, 0.2) is 0 Å². The molecule has 0 aliphatic rings. The zero-order chi connectivity index (χ0) is 10.8. The monoisotopic (exact) mass is 203 g/mol. The van der Waals surface area contributed by atoms with Crippen molar-refractivity contribution in [1.82, 2.24) is 15.0 Å². The topological polar surface area (TPSA) is 50.9 Å². The van der Waals surface area contributed by atoms with Crippen molar-refractivity contribution in [3.05, 3.63) is 35.5 Å². The molecule has 0 spiro atoms. The Kier molecular flexibility index (Phi) is 2.51. The molecule has 1 N–H and O–H groups in total. The summed E-state index contributed by atoms with van der Waals surface area (Å²) < 4.78 is 1.67. The van der Waals surface area contributed by atoms with Crippen LogP contribution in [0, 0.1) is 6.92 Å². The number of hydrogen-bond donors (Lipinski definition) is 1. The van der Waals surface area contributed by atoms with Gasteiger partial charge in [0.05, 0.1) is 12.8 Å². The first-order chi connectivity index (χ1) is 7.22. The number of benzene rings is 1. The van der Waals surface area contributed by atoms with Crippen LogP contribution in [0.25, 0.3) is 11.3 Å². The van der Waals surface area contributed by atoms with Crippen LogP contribution in [0.5, 0.6) is 0 Å². The number of aliphatic hydroxyl groups is 1. The van der Waals surface area contributed by atoms with Crippen molar-refractivity contribution < 1.29 is 5.11 Å². The maximum Gasteiger partial charge on any atom is 0.113 e. The first-order valence-electron chi connectivity index (χ1n) is 4.78. The SMILES string of the molecule is Cc1c(CO)cccc1-c1cn(C)nn1. The minimum Gasteiger partial charge on any atom is -0.392 e. The highest BCUT2D eigenvalue weighted by atomic mass is 16.3. The van der Waals surface area contributed by atoms with Gasteiger partial charge >= 0.3 is 0 Å². The largest absolute Gasteiger partial charge is 0.392 e. The van der Waals surface area contributed by atoms with Crippen LogP contribution in [0.4, 0.5) is 0 Å². The van der Waals surface area contributed by atoms with Crippen molar-refractivity contribution >= 4 is 0 Å². The molecule has 15 heavy (non-hydrogen) atoms. The first-order valence-corrected chi connectivity index (χ1v) is 4.78. The van der Waals surface area contributed by atoms with Crippen LogP contribution in [0.1, 0.15) is 11.1 Å². The molecule has 1 aromatic carbocycles. The van der Waals surface area contributed by atoms with Crippen LogP contribution < -0.4 is 0 Å². The van der Waals surface area contributed by atoms with Crippen LogP contribution in [0.15, 0.2) is 24.4 Å². The van der Waals surface area contributed by atoms with Gasteiger partial charge in [0, 0.05) is 12.6 Å². The summed E-state index contributed by atoms with van der Waals surface area (Å²) in [6, 6.07) is 5.82. The Bertz CT molecular complexity index is 476. The third kappa shape index (κ3) is 1.76. The predicted molar refractivity (Wildman–Crippen MR) is 57.1 cm³/mol. The number of aryl methyl sites for hydroxylation is 1. The molecule has 0 atom stereocenters. The van der Waals surface area contributed by atoms with E-state index in [0.29, 0.717) is 0 Å². The fourth-order valence-electron chi connectivity index (χ4n) is 1.60. The lowest BCUT2D eigenvalue weighted by Crippen LogP contribution is -1.91. The van der Waals surface area contributed by atoms with Gasteiger partial charge in [-0.3, -0.25) is 4.68 Å². The second kappa shape index (κ2) is 3.82. The van der Waals surface area contributed by atoms with E-state index < -0.39 is 0 Å².